The standard InChI is InChI=1S/C14H15NO3S/c1-8-6-7-12(19-8)9(2)15-14(18)13-10(16)4-3-5-11(13)17/h3-7,9,16-17H,1-2H3,(H,15,18). The molecule has 0 saturated carbocycles. The first-order valence-electron chi connectivity index (χ1n) is 5.87. The Bertz CT molecular complexity index is 586. The Morgan fingerprint density at radius 3 is 2.37 bits per heavy atom. The van der Waals surface area contributed by atoms with Gasteiger partial charge in [-0.25, -0.2) is 0 Å². The third kappa shape index (κ3) is 2.88. The van der Waals surface area contributed by atoms with Gasteiger partial charge in [0.1, 0.15) is 17.1 Å². The average molecular weight is 277 g/mol. The lowest BCUT2D eigenvalue weighted by atomic mass is 10.1. The molecule has 1 unspecified atom stereocenters. The first-order valence-corrected chi connectivity index (χ1v) is 6.69. The number of phenolic OH excluding ortho intramolecular Hbond substituents is 2. The Morgan fingerprint density at radius 1 is 1.21 bits per heavy atom. The van der Waals surface area contributed by atoms with Gasteiger partial charge in [0.2, 0.25) is 0 Å². The Kier molecular flexibility index (Phi) is 3.76. The van der Waals surface area contributed by atoms with Gasteiger partial charge in [0, 0.05) is 9.75 Å². The van der Waals surface area contributed by atoms with E-state index in [-0.39, 0.29) is 23.1 Å². The van der Waals surface area contributed by atoms with Gasteiger partial charge in [0.05, 0.1) is 6.04 Å². The second kappa shape index (κ2) is 5.32. The first-order chi connectivity index (χ1) is 8.99. The third-order valence-corrected chi connectivity index (χ3v) is 3.97. The third-order valence-electron chi connectivity index (χ3n) is 2.78. The minimum atomic E-state index is -0.492. The molecule has 2 aromatic rings. The summed E-state index contributed by atoms with van der Waals surface area (Å²) in [7, 11) is 0. The van der Waals surface area contributed by atoms with Crippen LogP contribution in [0.2, 0.25) is 0 Å². The highest BCUT2D eigenvalue weighted by Crippen LogP contribution is 2.28. The molecule has 4 nitrogen and oxygen atoms in total. The van der Waals surface area contributed by atoms with Crippen LogP contribution in [-0.4, -0.2) is 16.1 Å². The topological polar surface area (TPSA) is 69.6 Å². The number of benzene rings is 1. The molecule has 1 aromatic heterocycles. The normalized spacial score (nSPS) is 12.1. The fourth-order valence-electron chi connectivity index (χ4n) is 1.79. The van der Waals surface area contributed by atoms with Crippen molar-refractivity contribution in [2.45, 2.75) is 19.9 Å². The number of nitrogens with one attached hydrogen (secondary N) is 1. The van der Waals surface area contributed by atoms with E-state index < -0.39 is 5.91 Å². The number of phenols is 2. The molecule has 1 atom stereocenters. The van der Waals surface area contributed by atoms with Crippen LogP contribution in [0, 0.1) is 6.92 Å². The molecule has 0 radical (unpaired) electrons. The molecule has 19 heavy (non-hydrogen) atoms. The first kappa shape index (κ1) is 13.4. The van der Waals surface area contributed by atoms with Gasteiger partial charge in [-0.1, -0.05) is 6.07 Å². The molecule has 1 amide bonds. The maximum absolute atomic E-state index is 12.1. The minimum Gasteiger partial charge on any atom is -0.507 e. The van der Waals surface area contributed by atoms with Gasteiger partial charge in [-0.15, -0.1) is 11.3 Å². The number of hydrogen-bond donors (Lipinski definition) is 3. The maximum Gasteiger partial charge on any atom is 0.259 e. The van der Waals surface area contributed by atoms with E-state index in [4.69, 9.17) is 0 Å². The number of aromatic hydroxyl groups is 2. The smallest absolute Gasteiger partial charge is 0.259 e. The SMILES string of the molecule is Cc1ccc(C(C)NC(=O)c2c(O)cccc2O)s1. The van der Waals surface area contributed by atoms with E-state index in [1.165, 1.54) is 23.1 Å². The van der Waals surface area contributed by atoms with Crippen molar-refractivity contribution in [1.82, 2.24) is 5.32 Å². The highest BCUT2D eigenvalue weighted by atomic mass is 32.1. The van der Waals surface area contributed by atoms with Crippen molar-refractivity contribution >= 4 is 17.2 Å². The molecule has 100 valence electrons. The maximum atomic E-state index is 12.1. The number of carbonyl (C=O) groups is 1. The lowest BCUT2D eigenvalue weighted by molar-refractivity contribution is 0.0935. The lowest BCUT2D eigenvalue weighted by Crippen LogP contribution is -2.26. The van der Waals surface area contributed by atoms with Crippen molar-refractivity contribution in [2.75, 3.05) is 0 Å². The van der Waals surface area contributed by atoms with Crippen LogP contribution in [-0.2, 0) is 0 Å². The van der Waals surface area contributed by atoms with Crippen molar-refractivity contribution in [1.29, 1.82) is 0 Å². The molecule has 1 heterocycles. The van der Waals surface area contributed by atoms with Crippen LogP contribution in [0.5, 0.6) is 11.5 Å². The molecule has 0 saturated heterocycles. The zero-order chi connectivity index (χ0) is 14.0. The average Bonchev–Trinajstić information content (AvgIpc) is 2.75. The molecule has 5 heteroatoms. The van der Waals surface area contributed by atoms with E-state index in [0.29, 0.717) is 0 Å². The molecule has 0 aliphatic carbocycles. The molecule has 0 fully saturated rings. The molecule has 0 aliphatic rings. The zero-order valence-electron chi connectivity index (χ0n) is 10.7. The van der Waals surface area contributed by atoms with Crippen LogP contribution >= 0.6 is 11.3 Å². The number of carbonyl (C=O) groups excluding carboxylic acids is 1. The van der Waals surface area contributed by atoms with Crippen molar-refractivity contribution < 1.29 is 15.0 Å². The molecular weight excluding hydrogens is 262 g/mol. The minimum absolute atomic E-state index is 0.0948. The van der Waals surface area contributed by atoms with E-state index in [1.54, 1.807) is 11.3 Å². The number of aryl methyl sites for hydroxylation is 1. The number of rotatable bonds is 3. The fourth-order valence-corrected chi connectivity index (χ4v) is 2.67. The Labute approximate surface area is 115 Å². The van der Waals surface area contributed by atoms with E-state index in [9.17, 15) is 15.0 Å². The monoisotopic (exact) mass is 277 g/mol. The predicted octanol–water partition coefficient (Wildman–Crippen LogP) is 2.96. The molecule has 0 aliphatic heterocycles. The van der Waals surface area contributed by atoms with Crippen LogP contribution in [0.15, 0.2) is 30.3 Å². The lowest BCUT2D eigenvalue weighted by Gasteiger charge is -2.13. The summed E-state index contributed by atoms with van der Waals surface area (Å²) in [6.45, 7) is 3.86. The summed E-state index contributed by atoms with van der Waals surface area (Å²) in [5.74, 6) is -0.951. The van der Waals surface area contributed by atoms with Gasteiger partial charge in [0.15, 0.2) is 0 Å². The van der Waals surface area contributed by atoms with Crippen LogP contribution in [0.1, 0.15) is 33.1 Å². The van der Waals surface area contributed by atoms with Crippen molar-refractivity contribution in [3.05, 3.63) is 45.6 Å². The van der Waals surface area contributed by atoms with Crippen molar-refractivity contribution in [3.63, 3.8) is 0 Å². The van der Waals surface area contributed by atoms with Gasteiger partial charge < -0.3 is 15.5 Å². The summed E-state index contributed by atoms with van der Waals surface area (Å²) in [5.41, 5.74) is -0.0948. The summed E-state index contributed by atoms with van der Waals surface area (Å²) in [5, 5.41) is 22.0. The summed E-state index contributed by atoms with van der Waals surface area (Å²) in [6, 6.07) is 7.98. The molecule has 1 aromatic carbocycles. The van der Waals surface area contributed by atoms with Crippen molar-refractivity contribution in [2.24, 2.45) is 0 Å². The number of amides is 1. The second-order valence-corrected chi connectivity index (χ2v) is 5.63. The fraction of sp³-hybridized carbons (Fsp3) is 0.214. The van der Waals surface area contributed by atoms with Gasteiger partial charge in [-0.05, 0) is 38.1 Å². The molecule has 0 bridgehead atoms. The largest absolute Gasteiger partial charge is 0.507 e. The van der Waals surface area contributed by atoms with E-state index in [1.807, 2.05) is 26.0 Å². The Hall–Kier alpha value is -2.01. The van der Waals surface area contributed by atoms with Gasteiger partial charge >= 0.3 is 0 Å². The number of thiophene rings is 1. The summed E-state index contributed by atoms with van der Waals surface area (Å²) >= 11 is 1.60. The van der Waals surface area contributed by atoms with Gasteiger partial charge in [-0.2, -0.15) is 0 Å². The highest BCUT2D eigenvalue weighted by Gasteiger charge is 2.18. The van der Waals surface area contributed by atoms with Gasteiger partial charge in [-0.3, -0.25) is 4.79 Å². The summed E-state index contributed by atoms with van der Waals surface area (Å²) < 4.78 is 0. The van der Waals surface area contributed by atoms with E-state index in [2.05, 4.69) is 5.32 Å². The zero-order valence-corrected chi connectivity index (χ0v) is 11.5. The summed E-state index contributed by atoms with van der Waals surface area (Å²) in [4.78, 5) is 14.2. The van der Waals surface area contributed by atoms with Crippen LogP contribution in [0.4, 0.5) is 0 Å². The van der Waals surface area contributed by atoms with Gasteiger partial charge in [0.25, 0.3) is 5.91 Å². The quantitative estimate of drug-likeness (QED) is 0.808. The highest BCUT2D eigenvalue weighted by molar-refractivity contribution is 7.12. The second-order valence-electron chi connectivity index (χ2n) is 4.31. The predicted molar refractivity (Wildman–Crippen MR) is 74.7 cm³/mol. The van der Waals surface area contributed by atoms with E-state index >= 15 is 0 Å². The Balaban J connectivity index is 2.17. The molecular formula is C14H15NO3S. The van der Waals surface area contributed by atoms with Crippen LogP contribution in [0.3, 0.4) is 0 Å². The van der Waals surface area contributed by atoms with E-state index in [0.717, 1.165) is 4.88 Å². The molecule has 3 N–H and O–H groups in total. The Morgan fingerprint density at radius 2 is 1.84 bits per heavy atom. The molecule has 2 rings (SSSR count). The number of hydrogen-bond acceptors (Lipinski definition) is 4. The molecule has 0 spiro atoms. The van der Waals surface area contributed by atoms with Crippen molar-refractivity contribution in [3.8, 4) is 11.5 Å². The summed E-state index contributed by atoms with van der Waals surface area (Å²) in [6.07, 6.45) is 0. The van der Waals surface area contributed by atoms with Crippen LogP contribution in [0.25, 0.3) is 0 Å². The van der Waals surface area contributed by atoms with Crippen LogP contribution < -0.4 is 5.32 Å².